The maximum Gasteiger partial charge on any atom is 0.0256 e. The van der Waals surface area contributed by atoms with Crippen LogP contribution in [0.1, 0.15) is 40.5 Å². The minimum absolute atomic E-state index is 1.16. The van der Waals surface area contributed by atoms with Crippen molar-refractivity contribution in [2.75, 3.05) is 0 Å². The molecule has 0 radical (unpaired) electrons. The van der Waals surface area contributed by atoms with Gasteiger partial charge in [-0.3, -0.25) is 4.99 Å². The van der Waals surface area contributed by atoms with E-state index in [1.54, 1.807) is 0 Å². The molecule has 0 saturated heterocycles. The molecule has 58 valence electrons. The van der Waals surface area contributed by atoms with E-state index in [0.717, 1.165) is 6.42 Å². The average Bonchev–Trinajstić information content (AvgIpc) is 2.00. The molecule has 0 fully saturated rings. The normalized spacial score (nSPS) is 16.4. The van der Waals surface area contributed by atoms with E-state index < -0.39 is 0 Å². The van der Waals surface area contributed by atoms with Crippen LogP contribution in [0.15, 0.2) is 16.8 Å². The number of hydrogen-bond donors (Lipinski definition) is 0. The third-order valence-electron chi connectivity index (χ3n) is 1.39. The molecule has 1 heteroatoms. The second kappa shape index (κ2) is 5.21. The third-order valence-corrected chi connectivity index (χ3v) is 1.39. The molecule has 1 aliphatic rings. The number of nitrogens with zero attached hydrogens (tertiary/aromatic N) is 1. The van der Waals surface area contributed by atoms with Gasteiger partial charge in [0, 0.05) is 11.9 Å². The van der Waals surface area contributed by atoms with Crippen molar-refractivity contribution in [3.8, 4) is 0 Å². The van der Waals surface area contributed by atoms with Crippen LogP contribution in [0.3, 0.4) is 0 Å². The summed E-state index contributed by atoms with van der Waals surface area (Å²) in [5, 5.41) is 0. The number of hydrogen-bond acceptors (Lipinski definition) is 1. The molecule has 1 aliphatic heterocycles. The lowest BCUT2D eigenvalue weighted by molar-refractivity contribution is 0.972. The van der Waals surface area contributed by atoms with E-state index in [1.807, 2.05) is 20.0 Å². The Bertz CT molecular complexity index is 125. The summed E-state index contributed by atoms with van der Waals surface area (Å²) in [4.78, 5) is 4.17. The highest BCUT2D eigenvalue weighted by atomic mass is 14.7. The first kappa shape index (κ1) is 9.41. The van der Waals surface area contributed by atoms with E-state index in [9.17, 15) is 0 Å². The fourth-order valence-corrected chi connectivity index (χ4v) is 0.728. The first-order valence-corrected chi connectivity index (χ1v) is 3.98. The molecule has 0 unspecified atom stereocenters. The molecule has 1 heterocycles. The minimum Gasteiger partial charge on any atom is -0.266 e. The Morgan fingerprint density at radius 1 is 1.20 bits per heavy atom. The van der Waals surface area contributed by atoms with Gasteiger partial charge in [-0.15, -0.1) is 0 Å². The fraction of sp³-hybridized carbons (Fsp3) is 0.667. The van der Waals surface area contributed by atoms with Crippen LogP contribution in [-0.4, -0.2) is 5.71 Å². The summed E-state index contributed by atoms with van der Waals surface area (Å²) < 4.78 is 0. The SMILES string of the molecule is CC.CC1=CN=C(C)CC1. The highest BCUT2D eigenvalue weighted by Gasteiger charge is 1.97. The van der Waals surface area contributed by atoms with Crippen LogP contribution in [-0.2, 0) is 0 Å². The summed E-state index contributed by atoms with van der Waals surface area (Å²) in [6.45, 7) is 8.19. The molecule has 1 rings (SSSR count). The van der Waals surface area contributed by atoms with Crippen molar-refractivity contribution in [2.45, 2.75) is 40.5 Å². The van der Waals surface area contributed by atoms with E-state index in [-0.39, 0.29) is 0 Å². The van der Waals surface area contributed by atoms with Crippen molar-refractivity contribution in [3.63, 3.8) is 0 Å². The lowest BCUT2D eigenvalue weighted by atomic mass is 10.1. The fourth-order valence-electron chi connectivity index (χ4n) is 0.728. The molecular weight excluding hydrogens is 122 g/mol. The Labute approximate surface area is 63.9 Å². The number of allylic oxidation sites excluding steroid dienone is 1. The zero-order valence-corrected chi connectivity index (χ0v) is 7.44. The van der Waals surface area contributed by atoms with Crippen LogP contribution in [0.4, 0.5) is 0 Å². The van der Waals surface area contributed by atoms with E-state index in [4.69, 9.17) is 0 Å². The summed E-state index contributed by atoms with van der Waals surface area (Å²) in [5.74, 6) is 0. The summed E-state index contributed by atoms with van der Waals surface area (Å²) in [6, 6.07) is 0. The van der Waals surface area contributed by atoms with Crippen molar-refractivity contribution in [1.29, 1.82) is 0 Å². The lowest BCUT2D eigenvalue weighted by Gasteiger charge is -2.04. The molecule has 1 nitrogen and oxygen atoms in total. The number of rotatable bonds is 0. The Morgan fingerprint density at radius 2 is 1.80 bits per heavy atom. The third kappa shape index (κ3) is 3.44. The maximum atomic E-state index is 4.17. The molecule has 0 spiro atoms. The molecule has 0 aromatic heterocycles. The Balaban J connectivity index is 0.000000371. The zero-order valence-electron chi connectivity index (χ0n) is 7.44. The Kier molecular flexibility index (Phi) is 4.91. The van der Waals surface area contributed by atoms with Gasteiger partial charge in [0.15, 0.2) is 0 Å². The minimum atomic E-state index is 1.16. The number of aliphatic imine (C=N–C) groups is 1. The average molecular weight is 139 g/mol. The second-order valence-electron chi connectivity index (χ2n) is 2.34. The lowest BCUT2D eigenvalue weighted by Crippen LogP contribution is -1.95. The van der Waals surface area contributed by atoms with Crippen molar-refractivity contribution < 1.29 is 0 Å². The van der Waals surface area contributed by atoms with E-state index in [0.29, 0.717) is 0 Å². The van der Waals surface area contributed by atoms with E-state index in [2.05, 4.69) is 18.8 Å². The first-order chi connectivity index (χ1) is 4.79. The summed E-state index contributed by atoms with van der Waals surface area (Å²) in [7, 11) is 0. The van der Waals surface area contributed by atoms with Crippen LogP contribution in [0.25, 0.3) is 0 Å². The Morgan fingerprint density at radius 3 is 2.10 bits per heavy atom. The van der Waals surface area contributed by atoms with Crippen LogP contribution in [0.5, 0.6) is 0 Å². The second-order valence-corrected chi connectivity index (χ2v) is 2.34. The standard InChI is InChI=1S/C7H11N.C2H6/c1-6-3-4-7(2)8-5-6;1-2/h5H,3-4H2,1-2H3;1-2H3. The topological polar surface area (TPSA) is 12.4 Å². The Hall–Kier alpha value is -0.590. The van der Waals surface area contributed by atoms with Crippen LogP contribution in [0.2, 0.25) is 0 Å². The highest BCUT2D eigenvalue weighted by molar-refractivity contribution is 5.83. The highest BCUT2D eigenvalue weighted by Crippen LogP contribution is 2.10. The molecule has 10 heavy (non-hydrogen) atoms. The van der Waals surface area contributed by atoms with Gasteiger partial charge in [-0.2, -0.15) is 0 Å². The van der Waals surface area contributed by atoms with Gasteiger partial charge in [0.2, 0.25) is 0 Å². The largest absolute Gasteiger partial charge is 0.266 e. The van der Waals surface area contributed by atoms with Gasteiger partial charge < -0.3 is 0 Å². The summed E-state index contributed by atoms with van der Waals surface area (Å²) in [5.41, 5.74) is 2.66. The van der Waals surface area contributed by atoms with Crippen LogP contribution in [0, 0.1) is 0 Å². The van der Waals surface area contributed by atoms with Crippen molar-refractivity contribution in [3.05, 3.63) is 11.8 Å². The summed E-state index contributed by atoms with van der Waals surface area (Å²) >= 11 is 0. The van der Waals surface area contributed by atoms with Gasteiger partial charge in [-0.25, -0.2) is 0 Å². The monoisotopic (exact) mass is 139 g/mol. The maximum absolute atomic E-state index is 4.17. The van der Waals surface area contributed by atoms with E-state index >= 15 is 0 Å². The molecule has 0 aromatic rings. The van der Waals surface area contributed by atoms with Crippen LogP contribution >= 0.6 is 0 Å². The molecule has 0 saturated carbocycles. The van der Waals surface area contributed by atoms with Gasteiger partial charge in [0.05, 0.1) is 0 Å². The van der Waals surface area contributed by atoms with Gasteiger partial charge in [-0.1, -0.05) is 19.4 Å². The molecule has 0 amide bonds. The van der Waals surface area contributed by atoms with Gasteiger partial charge in [-0.05, 0) is 26.7 Å². The van der Waals surface area contributed by atoms with Crippen molar-refractivity contribution >= 4 is 5.71 Å². The quantitative estimate of drug-likeness (QED) is 0.489. The van der Waals surface area contributed by atoms with Crippen LogP contribution < -0.4 is 0 Å². The van der Waals surface area contributed by atoms with Crippen molar-refractivity contribution in [2.24, 2.45) is 4.99 Å². The van der Waals surface area contributed by atoms with Gasteiger partial charge >= 0.3 is 0 Å². The van der Waals surface area contributed by atoms with Gasteiger partial charge in [0.25, 0.3) is 0 Å². The molecule has 0 N–H and O–H groups in total. The van der Waals surface area contributed by atoms with Crippen molar-refractivity contribution in [1.82, 2.24) is 0 Å². The predicted molar refractivity (Wildman–Crippen MR) is 47.4 cm³/mol. The molecule has 0 aliphatic carbocycles. The molecule has 0 bridgehead atoms. The van der Waals surface area contributed by atoms with Gasteiger partial charge in [0.1, 0.15) is 0 Å². The first-order valence-electron chi connectivity index (χ1n) is 3.98. The molecule has 0 atom stereocenters. The van der Waals surface area contributed by atoms with E-state index in [1.165, 1.54) is 17.7 Å². The smallest absolute Gasteiger partial charge is 0.0256 e. The predicted octanol–water partition coefficient (Wildman–Crippen LogP) is 3.17. The zero-order chi connectivity index (χ0) is 7.98. The summed E-state index contributed by atoms with van der Waals surface area (Å²) in [6.07, 6.45) is 4.32. The molecule has 0 aromatic carbocycles. The molecular formula is C9H17N.